The van der Waals surface area contributed by atoms with Gasteiger partial charge in [-0.1, -0.05) is 29.8 Å². The van der Waals surface area contributed by atoms with E-state index in [1.807, 2.05) is 35.0 Å². The number of carbonyl (C=O) groups is 1. The molecule has 0 aliphatic heterocycles. The molecule has 1 N–H and O–H groups in total. The average molecular weight is 368 g/mol. The molecule has 0 spiro atoms. The number of hydrogen-bond donors (Lipinski definition) is 1. The minimum absolute atomic E-state index is 0.251. The molecule has 0 atom stereocenters. The molecule has 4 rings (SSSR count). The number of halogens is 1. The summed E-state index contributed by atoms with van der Waals surface area (Å²) in [6, 6.07) is 15.0. The lowest BCUT2D eigenvalue weighted by Crippen LogP contribution is -2.15. The van der Waals surface area contributed by atoms with Gasteiger partial charge in [-0.05, 0) is 49.6 Å². The highest BCUT2D eigenvalue weighted by atomic mass is 35.5. The van der Waals surface area contributed by atoms with Crippen molar-refractivity contribution in [3.8, 4) is 11.4 Å². The Morgan fingerprint density at radius 3 is 2.77 bits per heavy atom. The van der Waals surface area contributed by atoms with Crippen molar-refractivity contribution in [3.05, 3.63) is 70.5 Å². The number of carbonyl (C=O) groups excluding carboxylic acids is 1. The van der Waals surface area contributed by atoms with E-state index in [0.717, 1.165) is 36.2 Å². The van der Waals surface area contributed by atoms with Crippen molar-refractivity contribution < 1.29 is 9.53 Å². The summed E-state index contributed by atoms with van der Waals surface area (Å²) in [5.74, 6) is 0.306. The van der Waals surface area contributed by atoms with Crippen LogP contribution in [-0.2, 0) is 12.8 Å². The van der Waals surface area contributed by atoms with Crippen molar-refractivity contribution in [1.29, 1.82) is 0 Å². The van der Waals surface area contributed by atoms with Gasteiger partial charge in [0.15, 0.2) is 5.69 Å². The highest BCUT2D eigenvalue weighted by molar-refractivity contribution is 6.31. The first-order valence-corrected chi connectivity index (χ1v) is 8.86. The molecular formula is C20H18ClN3O2. The van der Waals surface area contributed by atoms with Crippen LogP contribution in [0.1, 0.15) is 28.2 Å². The van der Waals surface area contributed by atoms with E-state index in [0.29, 0.717) is 22.2 Å². The molecule has 1 aliphatic rings. The van der Waals surface area contributed by atoms with E-state index in [2.05, 4.69) is 10.4 Å². The van der Waals surface area contributed by atoms with Crippen LogP contribution in [0.15, 0.2) is 48.5 Å². The second-order valence-corrected chi connectivity index (χ2v) is 6.61. The number of rotatable bonds is 4. The summed E-state index contributed by atoms with van der Waals surface area (Å²) in [4.78, 5) is 12.9. The number of para-hydroxylation sites is 1. The maximum absolute atomic E-state index is 12.9. The van der Waals surface area contributed by atoms with Gasteiger partial charge < -0.3 is 10.1 Å². The molecule has 1 aliphatic carbocycles. The smallest absolute Gasteiger partial charge is 0.276 e. The van der Waals surface area contributed by atoms with Gasteiger partial charge in [-0.15, -0.1) is 0 Å². The second-order valence-electron chi connectivity index (χ2n) is 6.17. The number of methoxy groups -OCH3 is 1. The van der Waals surface area contributed by atoms with Gasteiger partial charge in [0.05, 0.1) is 18.5 Å². The lowest BCUT2D eigenvalue weighted by atomic mass is 10.2. The third kappa shape index (κ3) is 2.95. The van der Waals surface area contributed by atoms with Gasteiger partial charge in [0.25, 0.3) is 5.91 Å². The van der Waals surface area contributed by atoms with Crippen molar-refractivity contribution in [1.82, 2.24) is 9.78 Å². The highest BCUT2D eigenvalue weighted by Gasteiger charge is 2.27. The Morgan fingerprint density at radius 1 is 1.19 bits per heavy atom. The summed E-state index contributed by atoms with van der Waals surface area (Å²) in [5, 5.41) is 8.02. The van der Waals surface area contributed by atoms with Crippen molar-refractivity contribution in [3.63, 3.8) is 0 Å². The SMILES string of the molecule is COc1ccc(Cl)cc1NC(=O)c1nn(-c2ccccc2)c2c1CCC2. The minimum atomic E-state index is -0.251. The summed E-state index contributed by atoms with van der Waals surface area (Å²) < 4.78 is 7.19. The van der Waals surface area contributed by atoms with Crippen LogP contribution < -0.4 is 10.1 Å². The third-order valence-corrected chi connectivity index (χ3v) is 4.79. The zero-order valence-electron chi connectivity index (χ0n) is 14.3. The van der Waals surface area contributed by atoms with Crippen LogP contribution in [0.4, 0.5) is 5.69 Å². The zero-order chi connectivity index (χ0) is 18.1. The maximum atomic E-state index is 12.9. The number of anilines is 1. The second kappa shape index (κ2) is 6.84. The number of hydrogen-bond acceptors (Lipinski definition) is 3. The first kappa shape index (κ1) is 16.7. The molecule has 0 saturated carbocycles. The fourth-order valence-electron chi connectivity index (χ4n) is 3.36. The number of aromatic nitrogens is 2. The van der Waals surface area contributed by atoms with Gasteiger partial charge in [0.1, 0.15) is 5.75 Å². The number of amides is 1. The van der Waals surface area contributed by atoms with Gasteiger partial charge in [0.2, 0.25) is 0 Å². The molecule has 0 bridgehead atoms. The minimum Gasteiger partial charge on any atom is -0.495 e. The Kier molecular flexibility index (Phi) is 4.39. The summed E-state index contributed by atoms with van der Waals surface area (Å²) in [6.07, 6.45) is 2.81. The Labute approximate surface area is 156 Å². The lowest BCUT2D eigenvalue weighted by Gasteiger charge is -2.10. The van der Waals surface area contributed by atoms with E-state index in [1.165, 1.54) is 0 Å². The number of ether oxygens (including phenoxy) is 1. The Balaban J connectivity index is 1.71. The molecule has 2 aromatic carbocycles. The molecular weight excluding hydrogens is 350 g/mol. The predicted octanol–water partition coefficient (Wildman–Crippen LogP) is 4.28. The van der Waals surface area contributed by atoms with Gasteiger partial charge >= 0.3 is 0 Å². The number of nitrogens with zero attached hydrogens (tertiary/aromatic N) is 2. The van der Waals surface area contributed by atoms with E-state index in [9.17, 15) is 4.79 Å². The number of fused-ring (bicyclic) bond motifs is 1. The highest BCUT2D eigenvalue weighted by Crippen LogP contribution is 2.31. The molecule has 3 aromatic rings. The summed E-state index contributed by atoms with van der Waals surface area (Å²) in [7, 11) is 1.56. The average Bonchev–Trinajstić information content (AvgIpc) is 3.25. The van der Waals surface area contributed by atoms with Crippen LogP contribution in [0.25, 0.3) is 5.69 Å². The molecule has 1 amide bonds. The van der Waals surface area contributed by atoms with E-state index in [-0.39, 0.29) is 5.91 Å². The Morgan fingerprint density at radius 2 is 2.00 bits per heavy atom. The van der Waals surface area contributed by atoms with Crippen molar-refractivity contribution in [2.24, 2.45) is 0 Å². The van der Waals surface area contributed by atoms with E-state index in [1.54, 1.807) is 25.3 Å². The molecule has 132 valence electrons. The molecule has 0 unspecified atom stereocenters. The standard InChI is InChI=1S/C20H18ClN3O2/c1-26-18-11-10-13(21)12-16(18)22-20(25)19-15-8-5-9-17(15)24(23-19)14-6-3-2-4-7-14/h2-4,6-7,10-12H,5,8-9H2,1H3,(H,22,25). The van der Waals surface area contributed by atoms with E-state index < -0.39 is 0 Å². The largest absolute Gasteiger partial charge is 0.495 e. The third-order valence-electron chi connectivity index (χ3n) is 4.56. The Bertz CT molecular complexity index is 967. The quantitative estimate of drug-likeness (QED) is 0.749. The molecule has 5 nitrogen and oxygen atoms in total. The summed E-state index contributed by atoms with van der Waals surface area (Å²) >= 11 is 6.05. The fourth-order valence-corrected chi connectivity index (χ4v) is 3.53. The van der Waals surface area contributed by atoms with Gasteiger partial charge in [-0.3, -0.25) is 4.79 Å². The monoisotopic (exact) mass is 367 g/mol. The molecule has 1 aromatic heterocycles. The number of nitrogens with one attached hydrogen (secondary N) is 1. The molecule has 6 heteroatoms. The summed E-state index contributed by atoms with van der Waals surface area (Å²) in [5.41, 5.74) is 4.09. The Hall–Kier alpha value is -2.79. The van der Waals surface area contributed by atoms with Crippen molar-refractivity contribution >= 4 is 23.2 Å². The lowest BCUT2D eigenvalue weighted by molar-refractivity contribution is 0.102. The topological polar surface area (TPSA) is 56.1 Å². The van der Waals surface area contributed by atoms with Crippen LogP contribution in [0, 0.1) is 0 Å². The van der Waals surface area contributed by atoms with Crippen LogP contribution in [0.3, 0.4) is 0 Å². The normalized spacial score (nSPS) is 12.7. The van der Waals surface area contributed by atoms with Crippen molar-refractivity contribution in [2.45, 2.75) is 19.3 Å². The van der Waals surface area contributed by atoms with Crippen LogP contribution in [-0.4, -0.2) is 22.8 Å². The first-order chi connectivity index (χ1) is 12.7. The summed E-state index contributed by atoms with van der Waals surface area (Å²) in [6.45, 7) is 0. The van der Waals surface area contributed by atoms with Crippen LogP contribution >= 0.6 is 11.6 Å². The molecule has 26 heavy (non-hydrogen) atoms. The maximum Gasteiger partial charge on any atom is 0.276 e. The first-order valence-electron chi connectivity index (χ1n) is 8.48. The van der Waals surface area contributed by atoms with Gasteiger partial charge in [-0.2, -0.15) is 5.10 Å². The van der Waals surface area contributed by atoms with Gasteiger partial charge in [0, 0.05) is 16.3 Å². The fraction of sp³-hybridized carbons (Fsp3) is 0.200. The van der Waals surface area contributed by atoms with Crippen LogP contribution in [0.2, 0.25) is 5.02 Å². The molecule has 0 fully saturated rings. The number of benzene rings is 2. The zero-order valence-corrected chi connectivity index (χ0v) is 15.1. The molecule has 1 heterocycles. The molecule has 0 saturated heterocycles. The molecule has 0 radical (unpaired) electrons. The van der Waals surface area contributed by atoms with Gasteiger partial charge in [-0.25, -0.2) is 4.68 Å². The van der Waals surface area contributed by atoms with E-state index >= 15 is 0 Å². The predicted molar refractivity (Wildman–Crippen MR) is 102 cm³/mol. The van der Waals surface area contributed by atoms with Crippen LogP contribution in [0.5, 0.6) is 5.75 Å². The van der Waals surface area contributed by atoms with E-state index in [4.69, 9.17) is 16.3 Å². The van der Waals surface area contributed by atoms with Crippen molar-refractivity contribution in [2.75, 3.05) is 12.4 Å².